The Morgan fingerprint density at radius 2 is 2.05 bits per heavy atom. The number of fused-ring (bicyclic) bond motifs is 1. The standard InChI is InChI=1S/C14H16O5/c1-14(2)7-6-9-10(17-3)4-5-11(13(9)19-14)18-8-12(15)16/h4-7H,8H2,1-3H3,(H,15,16). The predicted molar refractivity (Wildman–Crippen MR) is 69.9 cm³/mol. The van der Waals surface area contributed by atoms with E-state index in [1.807, 2.05) is 26.0 Å². The number of carboxylic acid groups (broad SMARTS) is 1. The zero-order chi connectivity index (χ0) is 14.0. The van der Waals surface area contributed by atoms with E-state index in [1.165, 1.54) is 0 Å². The smallest absolute Gasteiger partial charge is 0.341 e. The molecule has 0 unspecified atom stereocenters. The second-order valence-electron chi connectivity index (χ2n) is 4.73. The summed E-state index contributed by atoms with van der Waals surface area (Å²) in [6, 6.07) is 3.37. The van der Waals surface area contributed by atoms with Crippen molar-refractivity contribution in [1.29, 1.82) is 0 Å². The molecule has 1 aromatic rings. The van der Waals surface area contributed by atoms with Crippen LogP contribution in [0.3, 0.4) is 0 Å². The molecule has 19 heavy (non-hydrogen) atoms. The molecular weight excluding hydrogens is 248 g/mol. The van der Waals surface area contributed by atoms with Gasteiger partial charge in [0.25, 0.3) is 0 Å². The summed E-state index contributed by atoms with van der Waals surface area (Å²) in [5.41, 5.74) is 0.283. The van der Waals surface area contributed by atoms with E-state index in [1.54, 1.807) is 19.2 Å². The van der Waals surface area contributed by atoms with E-state index in [0.29, 0.717) is 17.2 Å². The fraction of sp³-hybridized carbons (Fsp3) is 0.357. The van der Waals surface area contributed by atoms with Gasteiger partial charge in [-0.25, -0.2) is 4.79 Å². The minimum Gasteiger partial charge on any atom is -0.496 e. The number of hydrogen-bond donors (Lipinski definition) is 1. The summed E-state index contributed by atoms with van der Waals surface area (Å²) in [6.07, 6.45) is 3.81. The lowest BCUT2D eigenvalue weighted by atomic mass is 10.0. The molecule has 0 aromatic heterocycles. The maximum atomic E-state index is 10.6. The highest BCUT2D eigenvalue weighted by atomic mass is 16.5. The Labute approximate surface area is 111 Å². The van der Waals surface area contributed by atoms with Gasteiger partial charge in [-0.3, -0.25) is 0 Å². The van der Waals surface area contributed by atoms with Gasteiger partial charge in [-0.2, -0.15) is 0 Å². The first-order valence-electron chi connectivity index (χ1n) is 5.87. The van der Waals surface area contributed by atoms with Crippen LogP contribution in [0.1, 0.15) is 19.4 Å². The van der Waals surface area contributed by atoms with E-state index in [4.69, 9.17) is 19.3 Å². The normalized spacial score (nSPS) is 15.3. The molecule has 0 radical (unpaired) electrons. The summed E-state index contributed by atoms with van der Waals surface area (Å²) >= 11 is 0. The van der Waals surface area contributed by atoms with Crippen molar-refractivity contribution in [2.75, 3.05) is 13.7 Å². The van der Waals surface area contributed by atoms with Gasteiger partial charge in [0.1, 0.15) is 11.4 Å². The molecule has 5 nitrogen and oxygen atoms in total. The average molecular weight is 264 g/mol. The van der Waals surface area contributed by atoms with Crippen molar-refractivity contribution in [1.82, 2.24) is 0 Å². The summed E-state index contributed by atoms with van der Waals surface area (Å²) in [6.45, 7) is 3.41. The maximum absolute atomic E-state index is 10.6. The molecule has 0 saturated carbocycles. The van der Waals surface area contributed by atoms with Crippen LogP contribution in [0.5, 0.6) is 17.2 Å². The van der Waals surface area contributed by atoms with Crippen LogP contribution in [0.25, 0.3) is 6.08 Å². The monoisotopic (exact) mass is 264 g/mol. The van der Waals surface area contributed by atoms with Crippen molar-refractivity contribution in [3.63, 3.8) is 0 Å². The van der Waals surface area contributed by atoms with E-state index in [0.717, 1.165) is 5.56 Å². The third-order valence-electron chi connectivity index (χ3n) is 2.71. The van der Waals surface area contributed by atoms with Gasteiger partial charge in [0.2, 0.25) is 0 Å². The van der Waals surface area contributed by atoms with E-state index in [9.17, 15) is 4.79 Å². The SMILES string of the molecule is COc1ccc(OCC(=O)O)c2c1C=CC(C)(C)O2. The Bertz CT molecular complexity index is 531. The summed E-state index contributed by atoms with van der Waals surface area (Å²) in [7, 11) is 1.57. The summed E-state index contributed by atoms with van der Waals surface area (Å²) < 4.78 is 16.3. The molecule has 2 rings (SSSR count). The van der Waals surface area contributed by atoms with Crippen molar-refractivity contribution >= 4 is 12.0 Å². The van der Waals surface area contributed by atoms with Crippen LogP contribution < -0.4 is 14.2 Å². The molecule has 0 spiro atoms. The first-order chi connectivity index (χ1) is 8.93. The molecule has 0 atom stereocenters. The number of carbonyl (C=O) groups is 1. The number of benzene rings is 1. The highest BCUT2D eigenvalue weighted by Gasteiger charge is 2.27. The Morgan fingerprint density at radius 3 is 2.68 bits per heavy atom. The van der Waals surface area contributed by atoms with Gasteiger partial charge in [-0.1, -0.05) is 0 Å². The zero-order valence-corrected chi connectivity index (χ0v) is 11.1. The summed E-state index contributed by atoms with van der Waals surface area (Å²) in [5.74, 6) is 0.531. The first kappa shape index (κ1) is 13.3. The molecule has 5 heteroatoms. The van der Waals surface area contributed by atoms with Crippen LogP contribution in [-0.4, -0.2) is 30.4 Å². The molecule has 1 N–H and O–H groups in total. The Kier molecular flexibility index (Phi) is 3.38. The highest BCUT2D eigenvalue weighted by Crippen LogP contribution is 2.43. The molecule has 0 aliphatic carbocycles. The number of rotatable bonds is 4. The third-order valence-corrected chi connectivity index (χ3v) is 2.71. The van der Waals surface area contributed by atoms with Crippen molar-refractivity contribution in [3.05, 3.63) is 23.8 Å². The Balaban J connectivity index is 2.42. The van der Waals surface area contributed by atoms with Crippen molar-refractivity contribution in [2.45, 2.75) is 19.4 Å². The number of hydrogen-bond acceptors (Lipinski definition) is 4. The number of methoxy groups -OCH3 is 1. The lowest BCUT2D eigenvalue weighted by Gasteiger charge is -2.29. The minimum atomic E-state index is -1.03. The number of ether oxygens (including phenoxy) is 3. The molecule has 0 fully saturated rings. The van der Waals surface area contributed by atoms with Crippen LogP contribution in [0.2, 0.25) is 0 Å². The second-order valence-corrected chi connectivity index (χ2v) is 4.73. The van der Waals surface area contributed by atoms with E-state index in [2.05, 4.69) is 0 Å². The van der Waals surface area contributed by atoms with Crippen molar-refractivity contribution in [2.24, 2.45) is 0 Å². The molecule has 102 valence electrons. The van der Waals surface area contributed by atoms with Gasteiger partial charge in [0.05, 0.1) is 12.7 Å². The third kappa shape index (κ3) is 2.81. The van der Waals surface area contributed by atoms with Crippen LogP contribution >= 0.6 is 0 Å². The Morgan fingerprint density at radius 1 is 1.37 bits per heavy atom. The zero-order valence-electron chi connectivity index (χ0n) is 11.1. The van der Waals surface area contributed by atoms with E-state index < -0.39 is 18.2 Å². The maximum Gasteiger partial charge on any atom is 0.341 e. The van der Waals surface area contributed by atoms with E-state index in [-0.39, 0.29) is 0 Å². The number of aliphatic carboxylic acids is 1. The fourth-order valence-corrected chi connectivity index (χ4v) is 1.84. The van der Waals surface area contributed by atoms with Crippen molar-refractivity contribution < 1.29 is 24.1 Å². The predicted octanol–water partition coefficient (Wildman–Crippen LogP) is 2.34. The molecule has 0 saturated heterocycles. The second kappa shape index (κ2) is 4.84. The topological polar surface area (TPSA) is 65.0 Å². The molecule has 1 aliphatic rings. The molecule has 0 bridgehead atoms. The molecule has 1 aromatic carbocycles. The highest BCUT2D eigenvalue weighted by molar-refractivity contribution is 5.72. The largest absolute Gasteiger partial charge is 0.496 e. The van der Waals surface area contributed by atoms with Crippen LogP contribution in [0.4, 0.5) is 0 Å². The summed E-state index contributed by atoms with van der Waals surface area (Å²) in [5, 5.41) is 8.68. The summed E-state index contributed by atoms with van der Waals surface area (Å²) in [4.78, 5) is 10.6. The van der Waals surface area contributed by atoms with Gasteiger partial charge >= 0.3 is 5.97 Å². The number of carboxylic acids is 1. The van der Waals surface area contributed by atoms with Gasteiger partial charge < -0.3 is 19.3 Å². The lowest BCUT2D eigenvalue weighted by Crippen LogP contribution is -2.28. The molecule has 1 aliphatic heterocycles. The van der Waals surface area contributed by atoms with Crippen LogP contribution in [0, 0.1) is 0 Å². The van der Waals surface area contributed by atoms with Gasteiger partial charge in [0.15, 0.2) is 18.1 Å². The molecule has 1 heterocycles. The Hall–Kier alpha value is -2.17. The van der Waals surface area contributed by atoms with Crippen LogP contribution in [-0.2, 0) is 4.79 Å². The molecule has 0 amide bonds. The van der Waals surface area contributed by atoms with E-state index >= 15 is 0 Å². The average Bonchev–Trinajstić information content (AvgIpc) is 2.34. The molecular formula is C14H16O5. The minimum absolute atomic E-state index is 0.399. The fourth-order valence-electron chi connectivity index (χ4n) is 1.84. The van der Waals surface area contributed by atoms with Gasteiger partial charge in [-0.05, 0) is 38.1 Å². The first-order valence-corrected chi connectivity index (χ1v) is 5.87. The van der Waals surface area contributed by atoms with Crippen molar-refractivity contribution in [3.8, 4) is 17.2 Å². The lowest BCUT2D eigenvalue weighted by molar-refractivity contribution is -0.139. The van der Waals surface area contributed by atoms with Gasteiger partial charge in [-0.15, -0.1) is 0 Å². The quantitative estimate of drug-likeness (QED) is 0.904. The van der Waals surface area contributed by atoms with Gasteiger partial charge in [0, 0.05) is 0 Å². The van der Waals surface area contributed by atoms with Crippen LogP contribution in [0.15, 0.2) is 18.2 Å².